The highest BCUT2D eigenvalue weighted by Gasteiger charge is 2.19. The van der Waals surface area contributed by atoms with Gasteiger partial charge in [-0.2, -0.15) is 0 Å². The van der Waals surface area contributed by atoms with Gasteiger partial charge in [-0.15, -0.1) is 0 Å². The lowest BCUT2D eigenvalue weighted by atomic mass is 10.00. The number of carbonyl (C=O) groups is 1. The zero-order chi connectivity index (χ0) is 8.97. The fourth-order valence-corrected chi connectivity index (χ4v) is 1.33. The molecular formula is C8H13N2O2. The molecule has 4 heteroatoms. The summed E-state index contributed by atoms with van der Waals surface area (Å²) in [6, 6.07) is 0. The Kier molecular flexibility index (Phi) is 3.22. The first-order valence-electron chi connectivity index (χ1n) is 4.12. The molecule has 0 saturated carbocycles. The van der Waals surface area contributed by atoms with Crippen LogP contribution in [0.3, 0.4) is 0 Å². The largest absolute Gasteiger partial charge is 0.291 e. The second-order valence-electron chi connectivity index (χ2n) is 3.05. The van der Waals surface area contributed by atoms with Crippen LogP contribution >= 0.6 is 0 Å². The monoisotopic (exact) mass is 169 g/mol. The average molecular weight is 169 g/mol. The predicted octanol–water partition coefficient (Wildman–Crippen LogP) is -0.141. The Morgan fingerprint density at radius 2 is 2.08 bits per heavy atom. The van der Waals surface area contributed by atoms with Gasteiger partial charge < -0.3 is 0 Å². The van der Waals surface area contributed by atoms with Gasteiger partial charge in [0.15, 0.2) is 0 Å². The van der Waals surface area contributed by atoms with Gasteiger partial charge in [-0.25, -0.2) is 5.01 Å². The molecule has 0 aromatic rings. The molecule has 1 amide bonds. The summed E-state index contributed by atoms with van der Waals surface area (Å²) in [5.41, 5.74) is 2.69. The van der Waals surface area contributed by atoms with Crippen molar-refractivity contribution in [2.45, 2.75) is 19.8 Å². The maximum Gasteiger partial charge on any atom is 0.231 e. The van der Waals surface area contributed by atoms with Crippen molar-refractivity contribution >= 4 is 12.2 Å². The fourth-order valence-electron chi connectivity index (χ4n) is 1.33. The molecule has 4 nitrogen and oxygen atoms in total. The highest BCUT2D eigenvalue weighted by molar-refractivity contribution is 5.72. The summed E-state index contributed by atoms with van der Waals surface area (Å²) in [5.74, 6) is 0.0125. The molecule has 1 radical (unpaired) electrons. The minimum absolute atomic E-state index is 0.0523. The molecule has 1 fully saturated rings. The third kappa shape index (κ3) is 2.62. The van der Waals surface area contributed by atoms with E-state index in [1.807, 2.05) is 11.3 Å². The van der Waals surface area contributed by atoms with Crippen molar-refractivity contribution < 1.29 is 9.59 Å². The van der Waals surface area contributed by atoms with Crippen LogP contribution in [0, 0.1) is 5.92 Å². The summed E-state index contributed by atoms with van der Waals surface area (Å²) in [4.78, 5) is 20.9. The summed E-state index contributed by atoms with van der Waals surface area (Å²) < 4.78 is 0. The lowest BCUT2D eigenvalue weighted by Crippen LogP contribution is -2.45. The molecule has 0 atom stereocenters. The van der Waals surface area contributed by atoms with Gasteiger partial charge in [0.1, 0.15) is 0 Å². The molecule has 12 heavy (non-hydrogen) atoms. The van der Waals surface area contributed by atoms with E-state index in [0.717, 1.165) is 25.9 Å². The number of nitrogens with zero attached hydrogens (tertiary/aromatic N) is 1. The second-order valence-corrected chi connectivity index (χ2v) is 3.05. The van der Waals surface area contributed by atoms with Gasteiger partial charge in [-0.1, -0.05) is 0 Å². The maximum absolute atomic E-state index is 10.6. The van der Waals surface area contributed by atoms with Crippen LogP contribution in [0.25, 0.3) is 0 Å². The molecule has 1 saturated heterocycles. The van der Waals surface area contributed by atoms with Crippen LogP contribution in [0.5, 0.6) is 0 Å². The first-order valence-corrected chi connectivity index (χ1v) is 4.12. The molecule has 1 rings (SSSR count). The molecule has 0 unspecified atom stereocenters. The van der Waals surface area contributed by atoms with Crippen LogP contribution in [0.4, 0.5) is 0 Å². The van der Waals surface area contributed by atoms with Gasteiger partial charge >= 0.3 is 0 Å². The smallest absolute Gasteiger partial charge is 0.231 e. The summed E-state index contributed by atoms with van der Waals surface area (Å²) >= 11 is 0. The Bertz CT molecular complexity index is 174. The van der Waals surface area contributed by atoms with Crippen LogP contribution < -0.4 is 5.43 Å². The Hall–Kier alpha value is -0.900. The molecule has 0 aliphatic carbocycles. The predicted molar refractivity (Wildman–Crippen MR) is 43.8 cm³/mol. The van der Waals surface area contributed by atoms with E-state index >= 15 is 0 Å². The van der Waals surface area contributed by atoms with Crippen molar-refractivity contribution in [1.29, 1.82) is 0 Å². The number of nitrogens with one attached hydrogen (secondary N) is 1. The fraction of sp³-hybridized carbons (Fsp3) is 0.750. The SMILES string of the molecule is CC(=O)NN1CCC([C]=O)CC1. The van der Waals surface area contributed by atoms with Crippen LogP contribution in [-0.2, 0) is 9.59 Å². The third-order valence-corrected chi connectivity index (χ3v) is 1.98. The van der Waals surface area contributed by atoms with Crippen LogP contribution in [-0.4, -0.2) is 30.3 Å². The van der Waals surface area contributed by atoms with E-state index < -0.39 is 0 Å². The van der Waals surface area contributed by atoms with E-state index in [0.29, 0.717) is 0 Å². The molecule has 1 aliphatic heterocycles. The summed E-state index contributed by atoms with van der Waals surface area (Å²) in [6.45, 7) is 2.98. The Labute approximate surface area is 71.9 Å². The molecule has 1 heterocycles. The lowest BCUT2D eigenvalue weighted by molar-refractivity contribution is -0.124. The van der Waals surface area contributed by atoms with E-state index in [1.54, 1.807) is 0 Å². The number of piperidine rings is 1. The minimum Gasteiger partial charge on any atom is -0.291 e. The van der Waals surface area contributed by atoms with E-state index in [4.69, 9.17) is 0 Å². The van der Waals surface area contributed by atoms with Crippen molar-refractivity contribution in [2.24, 2.45) is 5.92 Å². The van der Waals surface area contributed by atoms with Crippen LogP contribution in [0.1, 0.15) is 19.8 Å². The number of hydrazine groups is 1. The highest BCUT2D eigenvalue weighted by atomic mass is 16.2. The van der Waals surface area contributed by atoms with Crippen molar-refractivity contribution in [3.8, 4) is 0 Å². The van der Waals surface area contributed by atoms with E-state index in [-0.39, 0.29) is 11.8 Å². The maximum atomic E-state index is 10.6. The van der Waals surface area contributed by atoms with E-state index in [2.05, 4.69) is 5.43 Å². The summed E-state index contributed by atoms with van der Waals surface area (Å²) in [6.07, 6.45) is 3.58. The number of carbonyl (C=O) groups excluding carboxylic acids is 2. The Balaban J connectivity index is 2.26. The van der Waals surface area contributed by atoms with Gasteiger partial charge in [0.05, 0.1) is 0 Å². The topological polar surface area (TPSA) is 49.4 Å². The third-order valence-electron chi connectivity index (χ3n) is 1.98. The quantitative estimate of drug-likeness (QED) is 0.626. The molecule has 0 spiro atoms. The first kappa shape index (κ1) is 9.19. The molecule has 0 bridgehead atoms. The molecule has 67 valence electrons. The van der Waals surface area contributed by atoms with Gasteiger partial charge in [0.25, 0.3) is 0 Å². The molecule has 0 aromatic carbocycles. The van der Waals surface area contributed by atoms with Gasteiger partial charge in [0, 0.05) is 25.9 Å². The second kappa shape index (κ2) is 4.21. The number of hydrogen-bond donors (Lipinski definition) is 1. The van der Waals surface area contributed by atoms with Crippen molar-refractivity contribution in [3.63, 3.8) is 0 Å². The van der Waals surface area contributed by atoms with Crippen molar-refractivity contribution in [1.82, 2.24) is 10.4 Å². The normalized spacial score (nSPS) is 20.4. The number of rotatable bonds is 2. The zero-order valence-corrected chi connectivity index (χ0v) is 7.17. The Morgan fingerprint density at radius 3 is 2.50 bits per heavy atom. The van der Waals surface area contributed by atoms with Gasteiger partial charge in [-0.3, -0.25) is 15.0 Å². The molecular weight excluding hydrogens is 156 g/mol. The molecule has 1 N–H and O–H groups in total. The standard InChI is InChI=1S/C8H13N2O2/c1-7(12)9-10-4-2-8(6-11)3-5-10/h8H,2-5H2,1H3,(H,9,12). The van der Waals surface area contributed by atoms with Gasteiger partial charge in [0.2, 0.25) is 12.2 Å². The minimum atomic E-state index is -0.0523. The highest BCUT2D eigenvalue weighted by Crippen LogP contribution is 2.12. The zero-order valence-electron chi connectivity index (χ0n) is 7.17. The number of hydrogen-bond acceptors (Lipinski definition) is 3. The van der Waals surface area contributed by atoms with Crippen LogP contribution in [0.15, 0.2) is 0 Å². The van der Waals surface area contributed by atoms with E-state index in [1.165, 1.54) is 6.92 Å². The summed E-state index contributed by atoms with van der Waals surface area (Å²) in [5, 5.41) is 1.84. The molecule has 1 aliphatic rings. The number of amides is 1. The summed E-state index contributed by atoms with van der Waals surface area (Å²) in [7, 11) is 0. The van der Waals surface area contributed by atoms with Gasteiger partial charge in [-0.05, 0) is 12.8 Å². The van der Waals surface area contributed by atoms with Crippen molar-refractivity contribution in [3.05, 3.63) is 0 Å². The Morgan fingerprint density at radius 1 is 1.50 bits per heavy atom. The van der Waals surface area contributed by atoms with Crippen molar-refractivity contribution in [2.75, 3.05) is 13.1 Å². The van der Waals surface area contributed by atoms with E-state index in [9.17, 15) is 9.59 Å². The average Bonchev–Trinajstić information content (AvgIpc) is 2.05. The lowest BCUT2D eigenvalue weighted by Gasteiger charge is -2.28. The first-order chi connectivity index (χ1) is 5.72. The van der Waals surface area contributed by atoms with Crippen LogP contribution in [0.2, 0.25) is 0 Å². The molecule has 0 aromatic heterocycles.